The van der Waals surface area contributed by atoms with Crippen molar-refractivity contribution in [2.24, 2.45) is 0 Å². The zero-order valence-corrected chi connectivity index (χ0v) is 69.1. The van der Waals surface area contributed by atoms with E-state index in [-0.39, 0.29) is 0 Å². The average molecular weight is 1640 g/mol. The van der Waals surface area contributed by atoms with Gasteiger partial charge in [0.05, 0.1) is 0 Å². The van der Waals surface area contributed by atoms with Crippen molar-refractivity contribution in [1.82, 2.24) is 44.9 Å². The monoisotopic (exact) mass is 1640 g/mol. The molecule has 11 nitrogen and oxygen atoms in total. The van der Waals surface area contributed by atoms with Crippen LogP contribution in [0.25, 0.3) is 243 Å². The van der Waals surface area contributed by atoms with Gasteiger partial charge in [-0.2, -0.15) is 0 Å². The molecule has 0 radical (unpaired) electrons. The number of nitrogens with zero attached hydrogens (tertiary/aromatic N) is 9. The lowest BCUT2D eigenvalue weighted by molar-refractivity contribution is 0.669. The van der Waals surface area contributed by atoms with Crippen molar-refractivity contribution in [3.8, 4) is 136 Å². The van der Waals surface area contributed by atoms with Gasteiger partial charge >= 0.3 is 0 Å². The summed E-state index contributed by atoms with van der Waals surface area (Å²) in [7, 11) is 0. The topological polar surface area (TPSA) is 142 Å². The molecule has 127 heavy (non-hydrogen) atoms. The molecule has 25 aromatic rings. The molecule has 6 aromatic heterocycles. The van der Waals surface area contributed by atoms with Gasteiger partial charge in [-0.1, -0.05) is 364 Å². The summed E-state index contributed by atoms with van der Waals surface area (Å²) in [5, 5.41) is 16.7. The van der Waals surface area contributed by atoms with Crippen LogP contribution < -0.4 is 0 Å². The van der Waals surface area contributed by atoms with Crippen LogP contribution in [-0.2, 0) is 0 Å². The Kier molecular flexibility index (Phi) is 19.2. The summed E-state index contributed by atoms with van der Waals surface area (Å²) in [5.74, 6) is 5.85. The predicted molar refractivity (Wildman–Crippen MR) is 522 cm³/mol. The predicted octanol–water partition coefficient (Wildman–Crippen LogP) is 30.4. The summed E-state index contributed by atoms with van der Waals surface area (Å²) >= 11 is 1.86. The number of para-hydroxylation sites is 2. The molecule has 0 atom stereocenters. The first-order valence-corrected chi connectivity index (χ1v) is 43.1. The molecule has 0 spiro atoms. The summed E-state index contributed by atoms with van der Waals surface area (Å²) < 4.78 is 15.0. The van der Waals surface area contributed by atoms with Gasteiger partial charge in [0.15, 0.2) is 52.4 Å². The van der Waals surface area contributed by atoms with Crippen LogP contribution in [0.5, 0.6) is 0 Å². The number of aromatic nitrogens is 9. The van der Waals surface area contributed by atoms with E-state index in [1.807, 2.05) is 218 Å². The van der Waals surface area contributed by atoms with E-state index in [9.17, 15) is 0 Å². The molecular formula is C115H71N9O2S. The number of thiophene rings is 1. The molecule has 0 unspecified atom stereocenters. The summed E-state index contributed by atoms with van der Waals surface area (Å²) in [6, 6.07) is 148. The second-order valence-corrected chi connectivity index (χ2v) is 32.5. The summed E-state index contributed by atoms with van der Waals surface area (Å²) in [6.07, 6.45) is 0. The first-order valence-electron chi connectivity index (χ1n) is 42.3. The number of hydrogen-bond acceptors (Lipinski definition) is 12. The standard InChI is InChI=1S/C41H25N3S.2C37H23N3O/c1-3-12-26(13-4-1)39-42-40(27-14-5-2-6-15-27)44-41(43-39)29-24-28-16-7-8-17-30(28)35(25-29)31-19-11-20-33-32(31)22-23-37-38(33)34-18-9-10-21-36(34)45-37;1-3-11-25(12-4-1)35-38-36(26-13-5-2-6-14-26)40-37(39-35)28-17-9-16-27(23-28)29-19-10-15-24-21-22-32-34(33(24)29)30-18-7-8-20-31(30)41-32;1-3-10-25(11-4-1)35-38-36(26-12-5-2-6-13-26)40-37(39-35)29-15-9-14-27(22-29)28-19-18-24-20-21-33-34(31(24)23-28)30-16-7-8-17-32(30)41-33/h1-25H;2*1-23H. The van der Waals surface area contributed by atoms with Crippen molar-refractivity contribution in [2.45, 2.75) is 0 Å². The Labute approximate surface area is 733 Å². The number of fused-ring (bicyclic) bond motifs is 16. The molecule has 0 saturated heterocycles. The summed E-state index contributed by atoms with van der Waals surface area (Å²) in [4.78, 5) is 44.4. The minimum Gasteiger partial charge on any atom is -0.456 e. The van der Waals surface area contributed by atoms with Gasteiger partial charge in [-0.05, 0) is 138 Å². The van der Waals surface area contributed by atoms with E-state index >= 15 is 0 Å². The van der Waals surface area contributed by atoms with Crippen LogP contribution >= 0.6 is 11.3 Å². The quantitative estimate of drug-likeness (QED) is 0.115. The van der Waals surface area contributed by atoms with Crippen LogP contribution in [0.3, 0.4) is 0 Å². The molecule has 0 amide bonds. The van der Waals surface area contributed by atoms with E-state index in [2.05, 4.69) is 224 Å². The summed E-state index contributed by atoms with van der Waals surface area (Å²) in [6.45, 7) is 0. The van der Waals surface area contributed by atoms with Gasteiger partial charge < -0.3 is 8.83 Å². The second kappa shape index (κ2) is 32.5. The lowest BCUT2D eigenvalue weighted by atomic mass is 9.91. The Morgan fingerprint density at radius 2 is 0.520 bits per heavy atom. The third-order valence-electron chi connectivity index (χ3n) is 23.5. The number of rotatable bonds is 12. The van der Waals surface area contributed by atoms with Crippen LogP contribution in [0.4, 0.5) is 0 Å². The van der Waals surface area contributed by atoms with Crippen molar-refractivity contribution in [2.75, 3.05) is 0 Å². The molecule has 0 fully saturated rings. The lowest BCUT2D eigenvalue weighted by Gasteiger charge is -2.14. The van der Waals surface area contributed by atoms with Crippen LogP contribution in [0.15, 0.2) is 440 Å². The van der Waals surface area contributed by atoms with Gasteiger partial charge in [0, 0.05) is 97.2 Å². The third kappa shape index (κ3) is 14.4. The molecule has 0 aliphatic heterocycles. The fraction of sp³-hybridized carbons (Fsp3) is 0. The minimum absolute atomic E-state index is 0.638. The minimum atomic E-state index is 0.638. The molecule has 6 heterocycles. The van der Waals surface area contributed by atoms with Gasteiger partial charge in [-0.25, -0.2) is 44.9 Å². The number of hydrogen-bond donors (Lipinski definition) is 0. The molecule has 12 heteroatoms. The van der Waals surface area contributed by atoms with Gasteiger partial charge in [0.2, 0.25) is 0 Å². The second-order valence-electron chi connectivity index (χ2n) is 31.4. The van der Waals surface area contributed by atoms with Gasteiger partial charge in [0.25, 0.3) is 0 Å². The number of furan rings is 2. The molecular weight excluding hydrogens is 1570 g/mol. The fourth-order valence-electron chi connectivity index (χ4n) is 17.5. The van der Waals surface area contributed by atoms with E-state index in [4.69, 9.17) is 53.7 Å². The molecule has 594 valence electrons. The normalized spacial score (nSPS) is 11.5. The van der Waals surface area contributed by atoms with Crippen LogP contribution in [0.2, 0.25) is 0 Å². The highest BCUT2D eigenvalue weighted by atomic mass is 32.1. The van der Waals surface area contributed by atoms with Crippen molar-refractivity contribution in [3.63, 3.8) is 0 Å². The third-order valence-corrected chi connectivity index (χ3v) is 24.7. The van der Waals surface area contributed by atoms with E-state index < -0.39 is 0 Å². The highest BCUT2D eigenvalue weighted by molar-refractivity contribution is 7.26. The summed E-state index contributed by atoms with van der Waals surface area (Å²) in [5.41, 5.74) is 18.9. The zero-order chi connectivity index (χ0) is 84.1. The van der Waals surface area contributed by atoms with Gasteiger partial charge in [-0.3, -0.25) is 0 Å². The Morgan fingerprint density at radius 3 is 1.06 bits per heavy atom. The highest BCUT2D eigenvalue weighted by Gasteiger charge is 2.23. The van der Waals surface area contributed by atoms with Crippen molar-refractivity contribution < 1.29 is 8.83 Å². The molecule has 0 bridgehead atoms. The van der Waals surface area contributed by atoms with E-state index in [0.717, 1.165) is 127 Å². The average Bonchev–Trinajstić information content (AvgIpc) is 1.67. The maximum absolute atomic E-state index is 6.23. The first-order chi connectivity index (χ1) is 62.9. The van der Waals surface area contributed by atoms with E-state index in [1.54, 1.807) is 0 Å². The smallest absolute Gasteiger partial charge is 0.164 e. The van der Waals surface area contributed by atoms with Crippen LogP contribution in [0, 0.1) is 0 Å². The SMILES string of the molecule is c1ccc(-c2nc(-c3ccccc3)nc(-c3cc(-c4cccc5c4ccc4sc6ccccc6c45)c4ccccc4c3)n2)cc1.c1ccc(-c2nc(-c3ccccc3)nc(-c3cccc(-c4ccc5ccc6oc7ccccc7c6c5c4)c3)n2)cc1.c1ccc(-c2nc(-c3ccccc3)nc(-c3cccc(-c4cccc5ccc6oc7ccccc7c6c45)c3)n2)cc1. The van der Waals surface area contributed by atoms with Gasteiger partial charge in [-0.15, -0.1) is 11.3 Å². The molecule has 0 saturated carbocycles. The van der Waals surface area contributed by atoms with Crippen molar-refractivity contribution in [1.29, 1.82) is 0 Å². The Balaban J connectivity index is 0.000000109. The van der Waals surface area contributed by atoms with E-state index in [0.29, 0.717) is 52.4 Å². The maximum atomic E-state index is 6.23. The van der Waals surface area contributed by atoms with E-state index in [1.165, 1.54) is 63.4 Å². The van der Waals surface area contributed by atoms with Crippen molar-refractivity contribution >= 4 is 118 Å². The molecule has 0 aliphatic rings. The fourth-order valence-corrected chi connectivity index (χ4v) is 18.6. The Bertz CT molecular complexity index is 8350. The lowest BCUT2D eigenvalue weighted by Crippen LogP contribution is -2.00. The highest BCUT2D eigenvalue weighted by Crippen LogP contribution is 2.46. The largest absolute Gasteiger partial charge is 0.456 e. The molecule has 25 rings (SSSR count). The zero-order valence-electron chi connectivity index (χ0n) is 68.2. The molecule has 0 aliphatic carbocycles. The Morgan fingerprint density at radius 1 is 0.150 bits per heavy atom. The van der Waals surface area contributed by atoms with Gasteiger partial charge in [0.1, 0.15) is 22.3 Å². The maximum Gasteiger partial charge on any atom is 0.164 e. The first kappa shape index (κ1) is 75.1. The van der Waals surface area contributed by atoms with Crippen molar-refractivity contribution in [3.05, 3.63) is 431 Å². The molecule has 0 N–H and O–H groups in total. The van der Waals surface area contributed by atoms with Crippen LogP contribution in [0.1, 0.15) is 0 Å². The molecule has 19 aromatic carbocycles. The van der Waals surface area contributed by atoms with Crippen LogP contribution in [-0.4, -0.2) is 44.9 Å². The number of benzene rings is 19. The Hall–Kier alpha value is -16.9.